The van der Waals surface area contributed by atoms with E-state index in [4.69, 9.17) is 16.3 Å². The van der Waals surface area contributed by atoms with E-state index in [9.17, 15) is 0 Å². The normalized spacial score (nSPS) is 10.6. The molecule has 0 amide bonds. The molecular weight excluding hydrogens is 340 g/mol. The summed E-state index contributed by atoms with van der Waals surface area (Å²) in [7, 11) is 0. The molecule has 106 valence electrons. The minimum absolute atomic E-state index is 0.553. The van der Waals surface area contributed by atoms with Gasteiger partial charge in [-0.3, -0.25) is 0 Å². The summed E-state index contributed by atoms with van der Waals surface area (Å²) in [4.78, 5) is 4.36. The number of benzene rings is 1. The highest BCUT2D eigenvalue weighted by Crippen LogP contribution is 2.32. The zero-order valence-electron chi connectivity index (χ0n) is 11.4. The van der Waals surface area contributed by atoms with E-state index < -0.39 is 0 Å². The highest BCUT2D eigenvalue weighted by molar-refractivity contribution is 9.10. The fourth-order valence-electron chi connectivity index (χ4n) is 1.76. The van der Waals surface area contributed by atoms with Gasteiger partial charge in [-0.15, -0.1) is 0 Å². The van der Waals surface area contributed by atoms with Crippen LogP contribution in [0.25, 0.3) is 0 Å². The molecule has 0 fully saturated rings. The standard InChI is InChI=1S/C15H16BrClN2O/c1-3-18-8-11-6-10(2)15(19-9-11)20-14-5-4-12(16)7-13(14)17/h4-7,9,18H,3,8H2,1-2H3. The third-order valence-corrected chi connectivity index (χ3v) is 3.56. The van der Waals surface area contributed by atoms with Crippen molar-refractivity contribution in [1.29, 1.82) is 0 Å². The van der Waals surface area contributed by atoms with E-state index in [1.54, 1.807) is 6.07 Å². The van der Waals surface area contributed by atoms with Gasteiger partial charge in [0.25, 0.3) is 0 Å². The van der Waals surface area contributed by atoms with Gasteiger partial charge in [0.1, 0.15) is 5.75 Å². The third-order valence-electron chi connectivity index (χ3n) is 2.77. The number of ether oxygens (including phenoxy) is 1. The van der Waals surface area contributed by atoms with Gasteiger partial charge in [-0.1, -0.05) is 34.5 Å². The zero-order chi connectivity index (χ0) is 14.5. The second-order valence-electron chi connectivity index (χ2n) is 4.42. The van der Waals surface area contributed by atoms with E-state index in [0.29, 0.717) is 16.7 Å². The van der Waals surface area contributed by atoms with Crippen molar-refractivity contribution in [2.45, 2.75) is 20.4 Å². The lowest BCUT2D eigenvalue weighted by Crippen LogP contribution is -2.12. The summed E-state index contributed by atoms with van der Waals surface area (Å²) in [6.45, 7) is 5.80. The molecule has 0 aliphatic rings. The number of nitrogens with one attached hydrogen (secondary N) is 1. The summed E-state index contributed by atoms with van der Waals surface area (Å²) in [6.07, 6.45) is 1.82. The van der Waals surface area contributed by atoms with Crippen LogP contribution in [0.15, 0.2) is 34.9 Å². The number of nitrogens with zero attached hydrogens (tertiary/aromatic N) is 1. The molecule has 1 N–H and O–H groups in total. The number of rotatable bonds is 5. The molecule has 2 aromatic rings. The minimum atomic E-state index is 0.553. The first-order chi connectivity index (χ1) is 9.60. The molecule has 0 aliphatic carbocycles. The Kier molecular flexibility index (Phi) is 5.40. The second kappa shape index (κ2) is 7.07. The molecule has 20 heavy (non-hydrogen) atoms. The summed E-state index contributed by atoms with van der Waals surface area (Å²) in [5, 5.41) is 3.82. The van der Waals surface area contributed by atoms with Crippen molar-refractivity contribution < 1.29 is 4.74 Å². The van der Waals surface area contributed by atoms with Gasteiger partial charge < -0.3 is 10.1 Å². The van der Waals surface area contributed by atoms with Crippen molar-refractivity contribution in [3.63, 3.8) is 0 Å². The van der Waals surface area contributed by atoms with Crippen LogP contribution in [0.3, 0.4) is 0 Å². The molecule has 0 unspecified atom stereocenters. The minimum Gasteiger partial charge on any atom is -0.437 e. The predicted octanol–water partition coefficient (Wildman–Crippen LogP) is 4.71. The van der Waals surface area contributed by atoms with Crippen LogP contribution < -0.4 is 10.1 Å². The van der Waals surface area contributed by atoms with Gasteiger partial charge in [0.05, 0.1) is 5.02 Å². The van der Waals surface area contributed by atoms with Crippen molar-refractivity contribution in [3.8, 4) is 11.6 Å². The van der Waals surface area contributed by atoms with Crippen LogP contribution in [0.5, 0.6) is 11.6 Å². The molecule has 1 aromatic heterocycles. The van der Waals surface area contributed by atoms with E-state index in [2.05, 4.69) is 39.2 Å². The highest BCUT2D eigenvalue weighted by Gasteiger charge is 2.08. The molecule has 0 saturated carbocycles. The van der Waals surface area contributed by atoms with Crippen LogP contribution in [0.4, 0.5) is 0 Å². The maximum absolute atomic E-state index is 6.14. The lowest BCUT2D eigenvalue weighted by Gasteiger charge is -2.10. The molecule has 1 heterocycles. The SMILES string of the molecule is CCNCc1cnc(Oc2ccc(Br)cc2Cl)c(C)c1. The van der Waals surface area contributed by atoms with Crippen LogP contribution in [0, 0.1) is 6.92 Å². The Hall–Kier alpha value is -1.10. The molecule has 0 spiro atoms. The Bertz CT molecular complexity index is 604. The Morgan fingerprint density at radius 3 is 2.80 bits per heavy atom. The monoisotopic (exact) mass is 354 g/mol. The van der Waals surface area contributed by atoms with Gasteiger partial charge in [0.2, 0.25) is 5.88 Å². The fraction of sp³-hybridized carbons (Fsp3) is 0.267. The first kappa shape index (κ1) is 15.3. The van der Waals surface area contributed by atoms with Crippen LogP contribution in [-0.2, 0) is 6.54 Å². The number of hydrogen-bond donors (Lipinski definition) is 1. The molecule has 0 aliphatic heterocycles. The topological polar surface area (TPSA) is 34.2 Å². The predicted molar refractivity (Wildman–Crippen MR) is 85.6 cm³/mol. The second-order valence-corrected chi connectivity index (χ2v) is 5.75. The smallest absolute Gasteiger partial charge is 0.222 e. The first-order valence-corrected chi connectivity index (χ1v) is 7.56. The Morgan fingerprint density at radius 2 is 2.15 bits per heavy atom. The largest absolute Gasteiger partial charge is 0.437 e. The van der Waals surface area contributed by atoms with Gasteiger partial charge >= 0.3 is 0 Å². The fourth-order valence-corrected chi connectivity index (χ4v) is 2.47. The molecule has 0 saturated heterocycles. The Morgan fingerprint density at radius 1 is 1.35 bits per heavy atom. The van der Waals surface area contributed by atoms with Gasteiger partial charge in [-0.05, 0) is 43.3 Å². The van der Waals surface area contributed by atoms with Crippen LogP contribution >= 0.6 is 27.5 Å². The molecule has 0 radical (unpaired) electrons. The number of halogens is 2. The van der Waals surface area contributed by atoms with Gasteiger partial charge in [-0.25, -0.2) is 4.98 Å². The van der Waals surface area contributed by atoms with Gasteiger partial charge in [0, 0.05) is 22.8 Å². The summed E-state index contributed by atoms with van der Waals surface area (Å²) < 4.78 is 6.69. The van der Waals surface area contributed by atoms with Crippen LogP contribution in [0.2, 0.25) is 5.02 Å². The van der Waals surface area contributed by atoms with E-state index in [0.717, 1.165) is 28.7 Å². The lowest BCUT2D eigenvalue weighted by molar-refractivity contribution is 0.458. The van der Waals surface area contributed by atoms with Crippen molar-refractivity contribution in [1.82, 2.24) is 10.3 Å². The molecule has 0 atom stereocenters. The summed E-state index contributed by atoms with van der Waals surface area (Å²) in [6, 6.07) is 7.57. The number of aromatic nitrogens is 1. The molecule has 2 rings (SSSR count). The number of hydrogen-bond acceptors (Lipinski definition) is 3. The van der Waals surface area contributed by atoms with E-state index in [1.807, 2.05) is 25.3 Å². The van der Waals surface area contributed by atoms with Crippen molar-refractivity contribution in [2.75, 3.05) is 6.54 Å². The van der Waals surface area contributed by atoms with E-state index in [1.165, 1.54) is 0 Å². The molecule has 1 aromatic carbocycles. The average molecular weight is 356 g/mol. The Balaban J connectivity index is 2.17. The first-order valence-electron chi connectivity index (χ1n) is 6.39. The molecular formula is C15H16BrClN2O. The highest BCUT2D eigenvalue weighted by atomic mass is 79.9. The average Bonchev–Trinajstić information content (AvgIpc) is 2.42. The summed E-state index contributed by atoms with van der Waals surface area (Å²) in [5.74, 6) is 1.18. The van der Waals surface area contributed by atoms with Crippen LogP contribution in [-0.4, -0.2) is 11.5 Å². The van der Waals surface area contributed by atoms with Crippen molar-refractivity contribution >= 4 is 27.5 Å². The van der Waals surface area contributed by atoms with E-state index in [-0.39, 0.29) is 0 Å². The number of aryl methyl sites for hydroxylation is 1. The number of pyridine rings is 1. The molecule has 5 heteroatoms. The Labute approximate surface area is 132 Å². The van der Waals surface area contributed by atoms with Crippen LogP contribution in [0.1, 0.15) is 18.1 Å². The van der Waals surface area contributed by atoms with Gasteiger partial charge in [-0.2, -0.15) is 0 Å². The maximum Gasteiger partial charge on any atom is 0.222 e. The van der Waals surface area contributed by atoms with Crippen molar-refractivity contribution in [2.24, 2.45) is 0 Å². The summed E-state index contributed by atoms with van der Waals surface area (Å²) in [5.41, 5.74) is 2.12. The lowest BCUT2D eigenvalue weighted by atomic mass is 10.2. The molecule has 3 nitrogen and oxygen atoms in total. The van der Waals surface area contributed by atoms with Gasteiger partial charge in [0.15, 0.2) is 0 Å². The third kappa shape index (κ3) is 3.95. The quantitative estimate of drug-likeness (QED) is 0.843. The zero-order valence-corrected chi connectivity index (χ0v) is 13.8. The van der Waals surface area contributed by atoms with Crippen molar-refractivity contribution in [3.05, 3.63) is 51.1 Å². The summed E-state index contributed by atoms with van der Waals surface area (Å²) >= 11 is 9.51. The molecule has 0 bridgehead atoms. The maximum atomic E-state index is 6.14. The van der Waals surface area contributed by atoms with E-state index >= 15 is 0 Å².